The smallest absolute Gasteiger partial charge is 0.226 e. The van der Waals surface area contributed by atoms with Gasteiger partial charge in [0.05, 0.1) is 7.11 Å². The molecule has 1 atom stereocenters. The van der Waals surface area contributed by atoms with Crippen molar-refractivity contribution in [2.24, 2.45) is 0 Å². The standard InChI is InChI=1S/C10H14ClNO3S/c1-8(12-16(13,14)7-11)9-4-3-5-10(6-9)15-2/h3-6,8,12H,7H2,1-2H3/t8-/m1/s1. The Hall–Kier alpha value is -0.780. The van der Waals surface area contributed by atoms with E-state index in [0.717, 1.165) is 5.56 Å². The number of sulfonamides is 1. The molecule has 1 rings (SSSR count). The first-order valence-corrected chi connectivity index (χ1v) is 6.87. The molecule has 0 heterocycles. The van der Waals surface area contributed by atoms with E-state index in [1.54, 1.807) is 32.2 Å². The second-order valence-corrected chi connectivity index (χ2v) is 5.68. The maximum atomic E-state index is 11.3. The Morgan fingerprint density at radius 3 is 2.75 bits per heavy atom. The third kappa shape index (κ3) is 3.66. The van der Waals surface area contributed by atoms with Crippen LogP contribution in [0.2, 0.25) is 0 Å². The second-order valence-electron chi connectivity index (χ2n) is 3.34. The summed E-state index contributed by atoms with van der Waals surface area (Å²) < 4.78 is 30.0. The van der Waals surface area contributed by atoms with E-state index in [0.29, 0.717) is 5.75 Å². The Balaban J connectivity index is 2.84. The van der Waals surface area contributed by atoms with Crippen LogP contribution in [0, 0.1) is 0 Å². The molecule has 0 aromatic heterocycles. The maximum absolute atomic E-state index is 11.3. The Morgan fingerprint density at radius 2 is 2.19 bits per heavy atom. The monoisotopic (exact) mass is 263 g/mol. The largest absolute Gasteiger partial charge is 0.497 e. The van der Waals surface area contributed by atoms with Crippen molar-refractivity contribution in [1.82, 2.24) is 4.72 Å². The van der Waals surface area contributed by atoms with Gasteiger partial charge in [-0.3, -0.25) is 0 Å². The van der Waals surface area contributed by atoms with Crippen molar-refractivity contribution in [3.63, 3.8) is 0 Å². The molecule has 1 aromatic rings. The number of benzene rings is 1. The number of hydrogen-bond acceptors (Lipinski definition) is 3. The van der Waals surface area contributed by atoms with E-state index in [4.69, 9.17) is 16.3 Å². The Morgan fingerprint density at radius 1 is 1.50 bits per heavy atom. The molecule has 0 saturated heterocycles. The number of rotatable bonds is 5. The quantitative estimate of drug-likeness (QED) is 0.825. The minimum atomic E-state index is -3.41. The number of alkyl halides is 1. The fraction of sp³-hybridized carbons (Fsp3) is 0.400. The zero-order chi connectivity index (χ0) is 12.2. The van der Waals surface area contributed by atoms with Crippen molar-refractivity contribution in [3.8, 4) is 5.75 Å². The van der Waals surface area contributed by atoms with Crippen LogP contribution in [-0.4, -0.2) is 20.7 Å². The lowest BCUT2D eigenvalue weighted by atomic mass is 10.1. The fourth-order valence-corrected chi connectivity index (χ4v) is 2.21. The maximum Gasteiger partial charge on any atom is 0.226 e. The summed E-state index contributed by atoms with van der Waals surface area (Å²) in [6, 6.07) is 6.87. The summed E-state index contributed by atoms with van der Waals surface area (Å²) in [7, 11) is -1.85. The number of methoxy groups -OCH3 is 1. The molecule has 0 radical (unpaired) electrons. The first-order chi connectivity index (χ1) is 7.48. The van der Waals surface area contributed by atoms with E-state index in [9.17, 15) is 8.42 Å². The highest BCUT2D eigenvalue weighted by atomic mass is 35.5. The van der Waals surface area contributed by atoms with Crippen LogP contribution < -0.4 is 9.46 Å². The lowest BCUT2D eigenvalue weighted by molar-refractivity contribution is 0.413. The van der Waals surface area contributed by atoms with Gasteiger partial charge in [-0.1, -0.05) is 12.1 Å². The highest BCUT2D eigenvalue weighted by Gasteiger charge is 2.14. The van der Waals surface area contributed by atoms with Crippen LogP contribution in [0.25, 0.3) is 0 Å². The lowest BCUT2D eigenvalue weighted by Gasteiger charge is -2.14. The van der Waals surface area contributed by atoms with E-state index < -0.39 is 15.2 Å². The molecule has 16 heavy (non-hydrogen) atoms. The van der Waals surface area contributed by atoms with Gasteiger partial charge in [-0.2, -0.15) is 0 Å². The highest BCUT2D eigenvalue weighted by molar-refractivity contribution is 7.90. The van der Waals surface area contributed by atoms with Crippen LogP contribution in [0.1, 0.15) is 18.5 Å². The molecule has 0 fully saturated rings. The van der Waals surface area contributed by atoms with Gasteiger partial charge in [0.2, 0.25) is 10.0 Å². The highest BCUT2D eigenvalue weighted by Crippen LogP contribution is 2.19. The summed E-state index contributed by atoms with van der Waals surface area (Å²) in [5.41, 5.74) is 0.827. The molecule has 0 bridgehead atoms. The van der Waals surface area contributed by atoms with E-state index in [1.165, 1.54) is 0 Å². The van der Waals surface area contributed by atoms with Crippen molar-refractivity contribution in [2.45, 2.75) is 13.0 Å². The Bertz CT molecular complexity index is 447. The zero-order valence-corrected chi connectivity index (χ0v) is 10.7. The molecule has 0 aliphatic heterocycles. The summed E-state index contributed by atoms with van der Waals surface area (Å²) in [6.45, 7) is 1.75. The predicted octanol–water partition coefficient (Wildman–Crippen LogP) is 1.87. The van der Waals surface area contributed by atoms with E-state index in [1.807, 2.05) is 6.07 Å². The SMILES string of the molecule is COc1cccc([C@@H](C)NS(=O)(=O)CCl)c1. The molecule has 0 unspecified atom stereocenters. The topological polar surface area (TPSA) is 55.4 Å². The van der Waals surface area contributed by atoms with Crippen molar-refractivity contribution in [2.75, 3.05) is 12.3 Å². The van der Waals surface area contributed by atoms with E-state index >= 15 is 0 Å². The van der Waals surface area contributed by atoms with Crippen molar-refractivity contribution in [3.05, 3.63) is 29.8 Å². The number of ether oxygens (including phenoxy) is 1. The third-order valence-electron chi connectivity index (χ3n) is 2.09. The van der Waals surface area contributed by atoms with E-state index in [-0.39, 0.29) is 6.04 Å². The first kappa shape index (κ1) is 13.3. The van der Waals surface area contributed by atoms with Gasteiger partial charge in [0.25, 0.3) is 0 Å². The van der Waals surface area contributed by atoms with Gasteiger partial charge in [0.1, 0.15) is 11.0 Å². The van der Waals surface area contributed by atoms with Gasteiger partial charge >= 0.3 is 0 Å². The minimum absolute atomic E-state index is 0.334. The molecule has 6 heteroatoms. The molecular formula is C10H14ClNO3S. The van der Waals surface area contributed by atoms with Crippen molar-refractivity contribution >= 4 is 21.6 Å². The normalized spacial score (nSPS) is 13.4. The predicted molar refractivity (Wildman–Crippen MR) is 64.2 cm³/mol. The molecule has 90 valence electrons. The minimum Gasteiger partial charge on any atom is -0.497 e. The zero-order valence-electron chi connectivity index (χ0n) is 9.10. The lowest BCUT2D eigenvalue weighted by Crippen LogP contribution is -2.27. The molecular weight excluding hydrogens is 250 g/mol. The van der Waals surface area contributed by atoms with Gasteiger partial charge in [-0.05, 0) is 24.6 Å². The molecule has 0 amide bonds. The second kappa shape index (κ2) is 5.52. The average molecular weight is 264 g/mol. The number of nitrogens with one attached hydrogen (secondary N) is 1. The van der Waals surface area contributed by atoms with Gasteiger partial charge in [0, 0.05) is 6.04 Å². The molecule has 0 spiro atoms. The molecule has 4 nitrogen and oxygen atoms in total. The number of hydrogen-bond donors (Lipinski definition) is 1. The summed E-state index contributed by atoms with van der Waals surface area (Å²) in [6.07, 6.45) is 0. The summed E-state index contributed by atoms with van der Waals surface area (Å²) >= 11 is 5.31. The van der Waals surface area contributed by atoms with Crippen molar-refractivity contribution < 1.29 is 13.2 Å². The van der Waals surface area contributed by atoms with E-state index in [2.05, 4.69) is 4.72 Å². The molecule has 0 aliphatic rings. The van der Waals surface area contributed by atoms with Crippen LogP contribution in [0.15, 0.2) is 24.3 Å². The van der Waals surface area contributed by atoms with Crippen LogP contribution in [-0.2, 0) is 10.0 Å². The molecule has 1 N–H and O–H groups in total. The van der Waals surface area contributed by atoms with Gasteiger partial charge in [-0.25, -0.2) is 13.1 Å². The summed E-state index contributed by atoms with van der Waals surface area (Å²) in [5, 5.41) is -0.443. The van der Waals surface area contributed by atoms with Crippen LogP contribution in [0.3, 0.4) is 0 Å². The van der Waals surface area contributed by atoms with Crippen LogP contribution in [0.4, 0.5) is 0 Å². The molecule has 1 aromatic carbocycles. The van der Waals surface area contributed by atoms with Crippen LogP contribution in [0.5, 0.6) is 5.75 Å². The summed E-state index contributed by atoms with van der Waals surface area (Å²) in [5.74, 6) is 0.689. The molecule has 0 aliphatic carbocycles. The van der Waals surface area contributed by atoms with Gasteiger partial charge in [0.15, 0.2) is 0 Å². The van der Waals surface area contributed by atoms with Crippen molar-refractivity contribution in [1.29, 1.82) is 0 Å². The van der Waals surface area contributed by atoms with Gasteiger partial charge < -0.3 is 4.74 Å². The van der Waals surface area contributed by atoms with Crippen LogP contribution >= 0.6 is 11.6 Å². The van der Waals surface area contributed by atoms with Gasteiger partial charge in [-0.15, -0.1) is 11.6 Å². The molecule has 0 saturated carbocycles. The first-order valence-electron chi connectivity index (χ1n) is 4.68. The fourth-order valence-electron chi connectivity index (χ4n) is 1.28. The summed E-state index contributed by atoms with van der Waals surface area (Å²) in [4.78, 5) is 0. The average Bonchev–Trinajstić information content (AvgIpc) is 2.28. The third-order valence-corrected chi connectivity index (χ3v) is 3.96. The Labute approximate surface area is 101 Å². The number of halogens is 1. The Kier molecular flexibility index (Phi) is 4.58.